The number of fused-ring (bicyclic) bond motifs is 5. The van der Waals surface area contributed by atoms with Crippen LogP contribution in [-0.4, -0.2) is 17.8 Å². The molecular formula is C26H21BN2O. The van der Waals surface area contributed by atoms with Crippen LogP contribution in [0.4, 0.5) is 0 Å². The van der Waals surface area contributed by atoms with Crippen LogP contribution in [0.3, 0.4) is 0 Å². The van der Waals surface area contributed by atoms with Gasteiger partial charge in [0.25, 0.3) is 0 Å². The van der Waals surface area contributed by atoms with E-state index >= 15 is 0 Å². The van der Waals surface area contributed by atoms with Crippen LogP contribution in [0.1, 0.15) is 37.7 Å². The van der Waals surface area contributed by atoms with E-state index in [4.69, 9.17) is 12.3 Å². The average Bonchev–Trinajstić information content (AvgIpc) is 3.18. The number of rotatable bonds is 2. The van der Waals surface area contributed by atoms with Gasteiger partial charge in [-0.1, -0.05) is 56.4 Å². The normalized spacial score (nSPS) is 16.4. The quantitative estimate of drug-likeness (QED) is 0.323. The topological polar surface area (TPSA) is 38.9 Å². The average molecular weight is 388 g/mol. The minimum Gasteiger partial charge on any atom is -0.438 e. The van der Waals surface area contributed by atoms with Gasteiger partial charge >= 0.3 is 0 Å². The van der Waals surface area contributed by atoms with Crippen molar-refractivity contribution in [3.63, 3.8) is 0 Å². The molecule has 1 fully saturated rings. The molecule has 3 aromatic heterocycles. The second kappa shape index (κ2) is 6.70. The molecule has 0 aliphatic heterocycles. The van der Waals surface area contributed by atoms with Crippen LogP contribution in [0.2, 0.25) is 0 Å². The molecule has 2 aromatic carbocycles. The smallest absolute Gasteiger partial charge is 0.227 e. The first-order chi connectivity index (χ1) is 14.7. The Labute approximate surface area is 176 Å². The summed E-state index contributed by atoms with van der Waals surface area (Å²) in [5.41, 5.74) is 4.73. The Balaban J connectivity index is 1.53. The van der Waals surface area contributed by atoms with Gasteiger partial charge in [-0.2, -0.15) is 0 Å². The van der Waals surface area contributed by atoms with Crippen LogP contribution in [0.25, 0.3) is 44.1 Å². The molecule has 5 aromatic rings. The molecule has 0 N–H and O–H groups in total. The van der Waals surface area contributed by atoms with Gasteiger partial charge in [-0.05, 0) is 46.6 Å². The predicted molar refractivity (Wildman–Crippen MR) is 123 cm³/mol. The molecule has 0 unspecified atom stereocenters. The molecule has 3 heterocycles. The highest BCUT2D eigenvalue weighted by Crippen LogP contribution is 2.39. The molecule has 6 rings (SSSR count). The Kier molecular flexibility index (Phi) is 3.95. The van der Waals surface area contributed by atoms with E-state index < -0.39 is 0 Å². The van der Waals surface area contributed by atoms with Gasteiger partial charge in [-0.15, -0.1) is 0 Å². The van der Waals surface area contributed by atoms with E-state index in [0.29, 0.717) is 5.71 Å². The third-order valence-electron chi connectivity index (χ3n) is 6.60. The third kappa shape index (κ3) is 2.74. The maximum absolute atomic E-state index is 6.79. The summed E-state index contributed by atoms with van der Waals surface area (Å²) in [7, 11) is 6.79. The van der Waals surface area contributed by atoms with Crippen molar-refractivity contribution < 1.29 is 4.42 Å². The molecule has 30 heavy (non-hydrogen) atoms. The van der Waals surface area contributed by atoms with Crippen LogP contribution < -0.4 is 0 Å². The van der Waals surface area contributed by atoms with Gasteiger partial charge in [-0.25, -0.2) is 4.98 Å². The molecule has 4 heteroatoms. The fourth-order valence-corrected chi connectivity index (χ4v) is 4.93. The first-order valence-electron chi connectivity index (χ1n) is 10.7. The standard InChI is InChI=1S/C26H21BN2O/c27-26(11-4-1-5-12-26)19-10-13-28-22(15-19)17-8-9-23-21(14-17)24-20-7-3-2-6-18(20)16-29-25(24)30-23/h2-3,6-10,13-16H,1,4-5,11-12H2. The minimum atomic E-state index is -0.234. The van der Waals surface area contributed by atoms with E-state index in [1.165, 1.54) is 24.8 Å². The van der Waals surface area contributed by atoms with Crippen LogP contribution in [0, 0.1) is 0 Å². The lowest BCUT2D eigenvalue weighted by Crippen LogP contribution is -2.29. The van der Waals surface area contributed by atoms with Crippen molar-refractivity contribution in [1.82, 2.24) is 9.97 Å². The second-order valence-electron chi connectivity index (χ2n) is 8.49. The number of hydrogen-bond acceptors (Lipinski definition) is 3. The number of pyridine rings is 2. The fraction of sp³-hybridized carbons (Fsp3) is 0.231. The second-order valence-corrected chi connectivity index (χ2v) is 8.49. The zero-order chi connectivity index (χ0) is 20.1. The molecule has 0 amide bonds. The molecule has 2 radical (unpaired) electrons. The zero-order valence-electron chi connectivity index (χ0n) is 16.8. The zero-order valence-corrected chi connectivity index (χ0v) is 16.8. The van der Waals surface area contributed by atoms with Crippen molar-refractivity contribution in [2.45, 2.75) is 37.4 Å². The largest absolute Gasteiger partial charge is 0.438 e. The summed E-state index contributed by atoms with van der Waals surface area (Å²) < 4.78 is 6.03. The lowest BCUT2D eigenvalue weighted by molar-refractivity contribution is 0.398. The summed E-state index contributed by atoms with van der Waals surface area (Å²) in [6.07, 6.45) is 9.52. The molecule has 1 saturated carbocycles. The Morgan fingerprint density at radius 2 is 1.73 bits per heavy atom. The van der Waals surface area contributed by atoms with Crippen molar-refractivity contribution in [2.75, 3.05) is 0 Å². The Hall–Kier alpha value is -3.14. The van der Waals surface area contributed by atoms with Gasteiger partial charge in [0, 0.05) is 28.7 Å². The van der Waals surface area contributed by atoms with Gasteiger partial charge in [0.15, 0.2) is 0 Å². The monoisotopic (exact) mass is 388 g/mol. The van der Waals surface area contributed by atoms with E-state index in [9.17, 15) is 0 Å². The van der Waals surface area contributed by atoms with Crippen molar-refractivity contribution in [3.8, 4) is 11.3 Å². The summed E-state index contributed by atoms with van der Waals surface area (Å²) in [4.78, 5) is 9.20. The highest BCUT2D eigenvalue weighted by molar-refractivity contribution is 6.18. The summed E-state index contributed by atoms with van der Waals surface area (Å²) in [6, 6.07) is 18.8. The maximum atomic E-state index is 6.79. The molecule has 1 aliphatic rings. The number of furan rings is 1. The summed E-state index contributed by atoms with van der Waals surface area (Å²) >= 11 is 0. The number of nitrogens with zero attached hydrogens (tertiary/aromatic N) is 2. The molecule has 1 aliphatic carbocycles. The van der Waals surface area contributed by atoms with Crippen LogP contribution in [-0.2, 0) is 5.31 Å². The van der Waals surface area contributed by atoms with Crippen LogP contribution in [0.5, 0.6) is 0 Å². The molecule has 0 bridgehead atoms. The van der Waals surface area contributed by atoms with Crippen LogP contribution >= 0.6 is 0 Å². The Morgan fingerprint density at radius 3 is 2.63 bits per heavy atom. The van der Waals surface area contributed by atoms with Gasteiger partial charge in [0.1, 0.15) is 5.58 Å². The lowest BCUT2D eigenvalue weighted by atomic mass is 9.57. The fourth-order valence-electron chi connectivity index (χ4n) is 4.93. The Bertz CT molecular complexity index is 1400. The van der Waals surface area contributed by atoms with Crippen molar-refractivity contribution in [3.05, 3.63) is 72.6 Å². The molecule has 0 atom stereocenters. The van der Waals surface area contributed by atoms with Crippen LogP contribution in [0.15, 0.2) is 71.4 Å². The van der Waals surface area contributed by atoms with E-state index in [-0.39, 0.29) is 5.31 Å². The van der Waals surface area contributed by atoms with E-state index in [2.05, 4.69) is 52.4 Å². The highest BCUT2D eigenvalue weighted by Gasteiger charge is 2.28. The van der Waals surface area contributed by atoms with Gasteiger partial charge < -0.3 is 4.42 Å². The molecular weight excluding hydrogens is 367 g/mol. The Morgan fingerprint density at radius 1 is 0.867 bits per heavy atom. The number of benzene rings is 2. The lowest BCUT2D eigenvalue weighted by Gasteiger charge is -2.34. The van der Waals surface area contributed by atoms with Crippen molar-refractivity contribution in [1.29, 1.82) is 0 Å². The van der Waals surface area contributed by atoms with Gasteiger partial charge in [0.2, 0.25) is 5.71 Å². The molecule has 0 saturated heterocycles. The van der Waals surface area contributed by atoms with Gasteiger partial charge in [-0.3, -0.25) is 4.98 Å². The molecule has 3 nitrogen and oxygen atoms in total. The summed E-state index contributed by atoms with van der Waals surface area (Å²) in [6.45, 7) is 0. The van der Waals surface area contributed by atoms with E-state index in [1.54, 1.807) is 0 Å². The molecule has 144 valence electrons. The molecule has 0 spiro atoms. The number of aromatic nitrogens is 2. The van der Waals surface area contributed by atoms with Crippen molar-refractivity contribution in [2.24, 2.45) is 0 Å². The maximum Gasteiger partial charge on any atom is 0.227 e. The summed E-state index contributed by atoms with van der Waals surface area (Å²) in [5, 5.41) is 4.16. The highest BCUT2D eigenvalue weighted by atomic mass is 16.3. The third-order valence-corrected chi connectivity index (χ3v) is 6.60. The van der Waals surface area contributed by atoms with Crippen molar-refractivity contribution >= 4 is 40.7 Å². The first kappa shape index (κ1) is 17.7. The summed E-state index contributed by atoms with van der Waals surface area (Å²) in [5.74, 6) is 0. The number of hydrogen-bond donors (Lipinski definition) is 0. The first-order valence-corrected chi connectivity index (χ1v) is 10.7. The SMILES string of the molecule is [B]C1(c2ccnc(-c3ccc4oc5ncc6ccccc6c5c4c3)c2)CCCCC1. The van der Waals surface area contributed by atoms with E-state index in [1.807, 2.05) is 24.5 Å². The van der Waals surface area contributed by atoms with E-state index in [0.717, 1.165) is 51.2 Å². The minimum absolute atomic E-state index is 0.234. The van der Waals surface area contributed by atoms with Gasteiger partial charge in [0.05, 0.1) is 18.9 Å². The predicted octanol–water partition coefficient (Wildman–Crippen LogP) is 6.52.